The van der Waals surface area contributed by atoms with Crippen LogP contribution < -0.4 is 0 Å². The van der Waals surface area contributed by atoms with Crippen LogP contribution in [0.5, 0.6) is 0 Å². The van der Waals surface area contributed by atoms with Crippen LogP contribution in [0.1, 0.15) is 81.1 Å². The van der Waals surface area contributed by atoms with E-state index >= 15 is 0 Å². The molecule has 4 rings (SSSR count). The molecule has 4 aliphatic rings. The highest BCUT2D eigenvalue weighted by Gasteiger charge is 2.82. The van der Waals surface area contributed by atoms with Crippen LogP contribution >= 0.6 is 0 Å². The molecule has 8 atom stereocenters. The highest BCUT2D eigenvalue weighted by Crippen LogP contribution is 2.76. The smallest absolute Gasteiger partial charge is 0.321 e. The number of esters is 2. The van der Waals surface area contributed by atoms with E-state index in [1.165, 1.54) is 14.0 Å². The van der Waals surface area contributed by atoms with Gasteiger partial charge in [-0.1, -0.05) is 39.3 Å². The van der Waals surface area contributed by atoms with E-state index in [1.54, 1.807) is 13.8 Å². The van der Waals surface area contributed by atoms with E-state index in [4.69, 9.17) is 9.47 Å². The highest BCUT2D eigenvalue weighted by molar-refractivity contribution is 6.25. The number of ether oxygens (including phenoxy) is 2. The molecule has 6 nitrogen and oxygen atoms in total. The van der Waals surface area contributed by atoms with Crippen molar-refractivity contribution >= 4 is 23.5 Å². The van der Waals surface area contributed by atoms with Gasteiger partial charge in [0.15, 0.2) is 11.6 Å². The Labute approximate surface area is 203 Å². The van der Waals surface area contributed by atoms with Crippen molar-refractivity contribution < 1.29 is 28.7 Å². The number of allylic oxidation sites excluding steroid dienone is 2. The summed E-state index contributed by atoms with van der Waals surface area (Å²) in [5.41, 5.74) is -3.21. The maximum absolute atomic E-state index is 14.0. The van der Waals surface area contributed by atoms with Crippen molar-refractivity contribution in [2.45, 2.75) is 87.2 Å². The van der Waals surface area contributed by atoms with E-state index in [-0.39, 0.29) is 46.3 Å². The summed E-state index contributed by atoms with van der Waals surface area (Å²) >= 11 is 0. The molecular formula is C28H40O6. The maximum Gasteiger partial charge on any atom is 0.321 e. The van der Waals surface area contributed by atoms with Gasteiger partial charge in [0.1, 0.15) is 11.5 Å². The quantitative estimate of drug-likeness (QED) is 0.329. The predicted octanol–water partition coefficient (Wildman–Crippen LogP) is 4.69. The lowest BCUT2D eigenvalue weighted by atomic mass is 9.34. The maximum atomic E-state index is 14.0. The van der Waals surface area contributed by atoms with Crippen molar-refractivity contribution in [1.29, 1.82) is 0 Å². The van der Waals surface area contributed by atoms with Gasteiger partial charge in [0, 0.05) is 12.3 Å². The first-order valence-electron chi connectivity index (χ1n) is 12.6. The highest BCUT2D eigenvalue weighted by atomic mass is 16.5. The second kappa shape index (κ2) is 7.27. The van der Waals surface area contributed by atoms with Gasteiger partial charge < -0.3 is 9.47 Å². The van der Waals surface area contributed by atoms with Gasteiger partial charge in [-0.05, 0) is 69.1 Å². The molecule has 0 spiro atoms. The van der Waals surface area contributed by atoms with Gasteiger partial charge in [0.05, 0.1) is 18.4 Å². The van der Waals surface area contributed by atoms with Crippen LogP contribution in [0, 0.1) is 44.8 Å². The third kappa shape index (κ3) is 2.53. The molecule has 0 aliphatic heterocycles. The molecule has 34 heavy (non-hydrogen) atoms. The number of hydrogen-bond donors (Lipinski definition) is 0. The molecular weight excluding hydrogens is 432 g/mol. The van der Waals surface area contributed by atoms with E-state index in [0.29, 0.717) is 6.42 Å². The first-order valence-corrected chi connectivity index (χ1v) is 12.6. The summed E-state index contributed by atoms with van der Waals surface area (Å²) in [4.78, 5) is 53.2. The molecule has 0 saturated heterocycles. The average Bonchev–Trinajstić information content (AvgIpc) is 2.91. The second-order valence-electron chi connectivity index (χ2n) is 12.6. The SMILES string of the molecule is COC(=O)[C@@]12C(=O)[C@@H](C)C(=O)[C@]1(C)C(C)=C[C@H]1[C@]3(C)CC[C@H](OC(C)=O)C(C)(C)[C@H]3CC[C@@]12C. The Balaban J connectivity index is 1.95. The van der Waals surface area contributed by atoms with Crippen molar-refractivity contribution in [2.75, 3.05) is 7.11 Å². The van der Waals surface area contributed by atoms with Crippen molar-refractivity contribution in [3.8, 4) is 0 Å². The molecule has 0 radical (unpaired) electrons. The van der Waals surface area contributed by atoms with Crippen molar-refractivity contribution in [1.82, 2.24) is 0 Å². The first kappa shape index (κ1) is 25.1. The number of ketones is 2. The van der Waals surface area contributed by atoms with E-state index in [1.807, 2.05) is 13.8 Å². The molecule has 188 valence electrons. The minimum Gasteiger partial charge on any atom is -0.468 e. The van der Waals surface area contributed by atoms with Crippen LogP contribution in [0.2, 0.25) is 0 Å². The number of hydrogen-bond acceptors (Lipinski definition) is 6. The molecule has 0 aromatic heterocycles. The van der Waals surface area contributed by atoms with Crippen LogP contribution in [0.3, 0.4) is 0 Å². The summed E-state index contributed by atoms with van der Waals surface area (Å²) in [6.45, 7) is 15.5. The number of methoxy groups -OCH3 is 1. The molecule has 0 aromatic rings. The Morgan fingerprint density at radius 3 is 2.18 bits per heavy atom. The third-order valence-electron chi connectivity index (χ3n) is 11.1. The molecule has 6 heteroatoms. The monoisotopic (exact) mass is 472 g/mol. The van der Waals surface area contributed by atoms with E-state index in [2.05, 4.69) is 26.8 Å². The number of fused-ring (bicyclic) bond motifs is 5. The predicted molar refractivity (Wildman–Crippen MR) is 126 cm³/mol. The summed E-state index contributed by atoms with van der Waals surface area (Å²) in [7, 11) is 1.32. The zero-order valence-corrected chi connectivity index (χ0v) is 22.2. The molecule has 0 unspecified atom stereocenters. The van der Waals surface area contributed by atoms with E-state index < -0.39 is 28.1 Å². The minimum absolute atomic E-state index is 0.0921. The lowest BCUT2D eigenvalue weighted by molar-refractivity contribution is -0.218. The van der Waals surface area contributed by atoms with Crippen molar-refractivity contribution in [2.24, 2.45) is 44.8 Å². The number of Topliss-reactive ketones (excluding diaryl/α,β-unsaturated/α-hetero) is 2. The molecule has 0 bridgehead atoms. The average molecular weight is 473 g/mol. The summed E-state index contributed by atoms with van der Waals surface area (Å²) in [6.07, 6.45) is 4.98. The minimum atomic E-state index is -1.54. The van der Waals surface area contributed by atoms with Gasteiger partial charge in [-0.25, -0.2) is 0 Å². The Bertz CT molecular complexity index is 1010. The molecule has 4 aliphatic carbocycles. The fourth-order valence-electron chi connectivity index (χ4n) is 9.43. The normalized spacial score (nSPS) is 47.1. The Kier molecular flexibility index (Phi) is 5.37. The zero-order valence-electron chi connectivity index (χ0n) is 22.2. The second-order valence-corrected chi connectivity index (χ2v) is 12.6. The van der Waals surface area contributed by atoms with E-state index in [0.717, 1.165) is 24.8 Å². The summed E-state index contributed by atoms with van der Waals surface area (Å²) in [5, 5.41) is 0. The molecule has 0 amide bonds. The topological polar surface area (TPSA) is 86.7 Å². The third-order valence-corrected chi connectivity index (χ3v) is 11.1. The lowest BCUT2D eigenvalue weighted by Crippen LogP contribution is -2.69. The Morgan fingerprint density at radius 1 is 1.00 bits per heavy atom. The van der Waals surface area contributed by atoms with Gasteiger partial charge in [-0.3, -0.25) is 19.2 Å². The Hall–Kier alpha value is -1.98. The zero-order chi connectivity index (χ0) is 25.6. The first-order chi connectivity index (χ1) is 15.6. The lowest BCUT2D eigenvalue weighted by Gasteiger charge is -2.68. The van der Waals surface area contributed by atoms with Gasteiger partial charge in [0.25, 0.3) is 0 Å². The molecule has 0 N–H and O–H groups in total. The van der Waals surface area contributed by atoms with Crippen molar-refractivity contribution in [3.05, 3.63) is 11.6 Å². The number of rotatable bonds is 2. The summed E-state index contributed by atoms with van der Waals surface area (Å²) in [5.74, 6) is -2.02. The van der Waals surface area contributed by atoms with Crippen LogP contribution in [0.25, 0.3) is 0 Å². The summed E-state index contributed by atoms with van der Waals surface area (Å²) in [6, 6.07) is 0. The molecule has 3 saturated carbocycles. The number of carbonyl (C=O) groups is 4. The largest absolute Gasteiger partial charge is 0.468 e. The van der Waals surface area contributed by atoms with Gasteiger partial charge >= 0.3 is 11.9 Å². The van der Waals surface area contributed by atoms with Gasteiger partial charge in [-0.2, -0.15) is 0 Å². The van der Waals surface area contributed by atoms with Crippen LogP contribution in [0.4, 0.5) is 0 Å². The fraction of sp³-hybridized carbons (Fsp3) is 0.786. The summed E-state index contributed by atoms with van der Waals surface area (Å²) < 4.78 is 11.1. The van der Waals surface area contributed by atoms with Crippen LogP contribution in [-0.2, 0) is 28.7 Å². The van der Waals surface area contributed by atoms with E-state index in [9.17, 15) is 19.2 Å². The van der Waals surface area contributed by atoms with Crippen LogP contribution in [0.15, 0.2) is 11.6 Å². The Morgan fingerprint density at radius 2 is 1.62 bits per heavy atom. The molecule has 0 aromatic carbocycles. The van der Waals surface area contributed by atoms with Gasteiger partial charge in [0.2, 0.25) is 0 Å². The molecule has 3 fully saturated rings. The van der Waals surface area contributed by atoms with Crippen molar-refractivity contribution in [3.63, 3.8) is 0 Å². The van der Waals surface area contributed by atoms with Gasteiger partial charge in [-0.15, -0.1) is 0 Å². The van der Waals surface area contributed by atoms with Crippen LogP contribution in [-0.4, -0.2) is 36.7 Å². The fourth-order valence-corrected chi connectivity index (χ4v) is 9.43. The number of carbonyl (C=O) groups excluding carboxylic acids is 4. The standard InChI is InChI=1S/C28H40O6/c1-15-14-19-25(6)12-11-20(34-17(3)29)24(4,5)18(25)10-13-26(19,7)28(23(32)33-9)22(31)16(2)21(30)27(15,28)8/h14,16,18-20H,10-13H2,1-9H3/t16-,18+,19-,20-,25+,26-,27-,28+/m0/s1. The molecule has 0 heterocycles.